The summed E-state index contributed by atoms with van der Waals surface area (Å²) in [6.45, 7) is 2.36. The molecule has 3 aromatic rings. The van der Waals surface area contributed by atoms with Crippen LogP contribution in [0, 0.1) is 6.92 Å². The molecule has 6 heteroatoms. The van der Waals surface area contributed by atoms with E-state index < -0.39 is 0 Å². The van der Waals surface area contributed by atoms with Crippen molar-refractivity contribution in [2.24, 2.45) is 0 Å². The second kappa shape index (κ2) is 9.00. The molecule has 2 amide bonds. The summed E-state index contributed by atoms with van der Waals surface area (Å²) in [5, 5.41) is 3.51. The van der Waals surface area contributed by atoms with Gasteiger partial charge in [0.05, 0.1) is 10.6 Å². The number of aryl methyl sites for hydroxylation is 1. The molecule has 3 aromatic carbocycles. The SMILES string of the molecule is Cc1ccccc1C=C1Sc2ccc(C(=O)NCc3ccccc3Cl)cc2N(C)C1=O. The van der Waals surface area contributed by atoms with Crippen LogP contribution in [-0.4, -0.2) is 18.9 Å². The van der Waals surface area contributed by atoms with Crippen molar-refractivity contribution in [3.63, 3.8) is 0 Å². The van der Waals surface area contributed by atoms with Gasteiger partial charge in [0.25, 0.3) is 11.8 Å². The van der Waals surface area contributed by atoms with Gasteiger partial charge in [-0.1, -0.05) is 65.8 Å². The Balaban J connectivity index is 1.55. The Bertz CT molecular complexity index is 1210. The fourth-order valence-corrected chi connectivity index (χ4v) is 4.63. The molecule has 4 nitrogen and oxygen atoms in total. The maximum absolute atomic E-state index is 13.0. The minimum Gasteiger partial charge on any atom is -0.348 e. The first-order chi connectivity index (χ1) is 14.9. The minimum atomic E-state index is -0.213. The highest BCUT2D eigenvalue weighted by Gasteiger charge is 2.27. The van der Waals surface area contributed by atoms with Crippen LogP contribution in [0.3, 0.4) is 0 Å². The fraction of sp³-hybridized carbons (Fsp3) is 0.120. The maximum atomic E-state index is 13.0. The molecular weight excluding hydrogens is 428 g/mol. The quantitative estimate of drug-likeness (QED) is 0.522. The number of rotatable bonds is 4. The van der Waals surface area contributed by atoms with Crippen LogP contribution in [-0.2, 0) is 11.3 Å². The number of carbonyl (C=O) groups is 2. The largest absolute Gasteiger partial charge is 0.348 e. The molecule has 0 unspecified atom stereocenters. The zero-order valence-electron chi connectivity index (χ0n) is 17.2. The molecule has 4 rings (SSSR count). The van der Waals surface area contributed by atoms with Crippen molar-refractivity contribution in [3.05, 3.63) is 98.9 Å². The Hall–Kier alpha value is -3.02. The zero-order valence-corrected chi connectivity index (χ0v) is 18.8. The van der Waals surface area contributed by atoms with E-state index in [0.717, 1.165) is 27.3 Å². The molecule has 0 spiro atoms. The van der Waals surface area contributed by atoms with Gasteiger partial charge in [-0.3, -0.25) is 9.59 Å². The van der Waals surface area contributed by atoms with Gasteiger partial charge in [0.2, 0.25) is 0 Å². The highest BCUT2D eigenvalue weighted by molar-refractivity contribution is 8.04. The van der Waals surface area contributed by atoms with Crippen LogP contribution in [0.1, 0.15) is 27.0 Å². The predicted molar refractivity (Wildman–Crippen MR) is 127 cm³/mol. The van der Waals surface area contributed by atoms with Crippen LogP contribution < -0.4 is 10.2 Å². The summed E-state index contributed by atoms with van der Waals surface area (Å²) in [4.78, 5) is 28.8. The number of nitrogens with one attached hydrogen (secondary N) is 1. The molecule has 0 saturated heterocycles. The van der Waals surface area contributed by atoms with Crippen LogP contribution in [0.2, 0.25) is 5.02 Å². The summed E-state index contributed by atoms with van der Waals surface area (Å²) in [6, 6.07) is 20.8. The molecule has 0 fully saturated rings. The highest BCUT2D eigenvalue weighted by Crippen LogP contribution is 2.42. The summed E-state index contributed by atoms with van der Waals surface area (Å²) < 4.78 is 0. The van der Waals surface area contributed by atoms with Gasteiger partial charge in [-0.05, 0) is 54.0 Å². The van der Waals surface area contributed by atoms with E-state index in [1.807, 2.05) is 61.5 Å². The van der Waals surface area contributed by atoms with Crippen LogP contribution in [0.4, 0.5) is 5.69 Å². The first kappa shape index (κ1) is 21.2. The number of halogens is 1. The number of hydrogen-bond acceptors (Lipinski definition) is 3. The second-order valence-corrected chi connectivity index (χ2v) is 8.78. The van der Waals surface area contributed by atoms with Crippen molar-refractivity contribution in [3.8, 4) is 0 Å². The van der Waals surface area contributed by atoms with Crippen LogP contribution in [0.5, 0.6) is 0 Å². The van der Waals surface area contributed by atoms with E-state index in [2.05, 4.69) is 5.32 Å². The van der Waals surface area contributed by atoms with Crippen molar-refractivity contribution < 1.29 is 9.59 Å². The Morgan fingerprint density at radius 3 is 2.61 bits per heavy atom. The molecule has 156 valence electrons. The van der Waals surface area contributed by atoms with Gasteiger partial charge in [0, 0.05) is 29.1 Å². The van der Waals surface area contributed by atoms with Gasteiger partial charge in [-0.15, -0.1) is 0 Å². The number of amides is 2. The Labute approximate surface area is 190 Å². The van der Waals surface area contributed by atoms with Gasteiger partial charge in [-0.2, -0.15) is 0 Å². The van der Waals surface area contributed by atoms with Crippen molar-refractivity contribution in [2.75, 3.05) is 11.9 Å². The molecular formula is C25H21ClN2O2S. The molecule has 0 aliphatic carbocycles. The topological polar surface area (TPSA) is 49.4 Å². The molecule has 31 heavy (non-hydrogen) atoms. The maximum Gasteiger partial charge on any atom is 0.264 e. The molecule has 1 N–H and O–H groups in total. The molecule has 0 atom stereocenters. The molecule has 1 aliphatic rings. The molecule has 0 aromatic heterocycles. The molecule has 0 bridgehead atoms. The lowest BCUT2D eigenvalue weighted by Crippen LogP contribution is -2.31. The summed E-state index contributed by atoms with van der Waals surface area (Å²) >= 11 is 7.59. The normalized spacial score (nSPS) is 14.5. The number of anilines is 1. The lowest BCUT2D eigenvalue weighted by Gasteiger charge is -2.27. The van der Waals surface area contributed by atoms with Crippen LogP contribution in [0.25, 0.3) is 6.08 Å². The molecule has 0 radical (unpaired) electrons. The monoisotopic (exact) mass is 448 g/mol. The van der Waals surface area contributed by atoms with E-state index in [9.17, 15) is 9.59 Å². The zero-order chi connectivity index (χ0) is 22.0. The third-order valence-corrected chi connectivity index (χ3v) is 6.64. The minimum absolute atomic E-state index is 0.0885. The fourth-order valence-electron chi connectivity index (χ4n) is 3.34. The van der Waals surface area contributed by atoms with E-state index >= 15 is 0 Å². The summed E-state index contributed by atoms with van der Waals surface area (Å²) in [6.07, 6.45) is 1.92. The van der Waals surface area contributed by atoms with Gasteiger partial charge in [-0.25, -0.2) is 0 Å². The Morgan fingerprint density at radius 2 is 1.84 bits per heavy atom. The summed E-state index contributed by atoms with van der Waals surface area (Å²) in [5.74, 6) is -0.302. The number of benzene rings is 3. The summed E-state index contributed by atoms with van der Waals surface area (Å²) in [7, 11) is 1.73. The smallest absolute Gasteiger partial charge is 0.264 e. The van der Waals surface area contributed by atoms with Crippen molar-refractivity contribution in [2.45, 2.75) is 18.4 Å². The van der Waals surface area contributed by atoms with E-state index in [4.69, 9.17) is 11.6 Å². The van der Waals surface area contributed by atoms with Gasteiger partial charge in [0.15, 0.2) is 0 Å². The third-order valence-electron chi connectivity index (χ3n) is 5.19. The lowest BCUT2D eigenvalue weighted by molar-refractivity contribution is -0.114. The van der Waals surface area contributed by atoms with Crippen LogP contribution in [0.15, 0.2) is 76.5 Å². The number of hydrogen-bond donors (Lipinski definition) is 1. The Morgan fingerprint density at radius 1 is 1.10 bits per heavy atom. The van der Waals surface area contributed by atoms with E-state index in [1.165, 1.54) is 11.8 Å². The lowest BCUT2D eigenvalue weighted by atomic mass is 10.1. The number of carbonyl (C=O) groups excluding carboxylic acids is 2. The predicted octanol–water partition coefficient (Wildman–Crippen LogP) is 5.69. The second-order valence-electron chi connectivity index (χ2n) is 7.29. The number of thioether (sulfide) groups is 1. The number of nitrogens with zero attached hydrogens (tertiary/aromatic N) is 1. The highest BCUT2D eigenvalue weighted by atomic mass is 35.5. The number of likely N-dealkylation sites (N-methyl/N-ethyl adjacent to an activating group) is 1. The standard InChI is InChI=1S/C25H21ClN2O2S/c1-16-7-3-4-8-17(16)14-23-25(30)28(2)21-13-18(11-12-22(21)31-23)24(29)27-15-19-9-5-6-10-20(19)26/h3-14H,15H2,1-2H3,(H,27,29). The third kappa shape index (κ3) is 4.53. The van der Waals surface area contributed by atoms with E-state index in [1.54, 1.807) is 30.1 Å². The first-order valence-electron chi connectivity index (χ1n) is 9.83. The van der Waals surface area contributed by atoms with Crippen molar-refractivity contribution in [1.82, 2.24) is 5.32 Å². The van der Waals surface area contributed by atoms with Gasteiger partial charge >= 0.3 is 0 Å². The van der Waals surface area contributed by atoms with E-state index in [-0.39, 0.29) is 11.8 Å². The van der Waals surface area contributed by atoms with Crippen molar-refractivity contribution >= 4 is 46.9 Å². The van der Waals surface area contributed by atoms with Crippen molar-refractivity contribution in [1.29, 1.82) is 0 Å². The Kier molecular flexibility index (Phi) is 6.16. The summed E-state index contributed by atoms with van der Waals surface area (Å²) in [5.41, 5.74) is 4.21. The molecule has 0 saturated carbocycles. The molecule has 1 aliphatic heterocycles. The molecule has 1 heterocycles. The van der Waals surface area contributed by atoms with Crippen LogP contribution >= 0.6 is 23.4 Å². The van der Waals surface area contributed by atoms with Gasteiger partial charge < -0.3 is 10.2 Å². The average Bonchev–Trinajstić information content (AvgIpc) is 2.78. The number of fused-ring (bicyclic) bond motifs is 1. The first-order valence-corrected chi connectivity index (χ1v) is 11.0. The van der Waals surface area contributed by atoms with E-state index in [0.29, 0.717) is 22.0 Å². The average molecular weight is 449 g/mol. The van der Waals surface area contributed by atoms with Gasteiger partial charge in [0.1, 0.15) is 0 Å².